The van der Waals surface area contributed by atoms with Crippen molar-refractivity contribution in [2.75, 3.05) is 10.6 Å². The Labute approximate surface area is 155 Å². The largest absolute Gasteiger partial charge is 0.337 e. The van der Waals surface area contributed by atoms with Crippen molar-refractivity contribution in [1.82, 2.24) is 25.0 Å². The highest BCUT2D eigenvalue weighted by molar-refractivity contribution is 5.94. The van der Waals surface area contributed by atoms with E-state index in [0.717, 1.165) is 22.4 Å². The van der Waals surface area contributed by atoms with Gasteiger partial charge in [0.25, 0.3) is 0 Å². The minimum atomic E-state index is -0.446. The van der Waals surface area contributed by atoms with Gasteiger partial charge in [0.05, 0.1) is 11.0 Å². The predicted octanol–water partition coefficient (Wildman–Crippen LogP) is 3.40. The molecule has 4 aromatic rings. The number of hydrogen-bond acceptors (Lipinski definition) is 6. The number of anilines is 3. The zero-order valence-electron chi connectivity index (χ0n) is 15.3. The van der Waals surface area contributed by atoms with Gasteiger partial charge in [0, 0.05) is 16.8 Å². The second kappa shape index (κ2) is 6.31. The monoisotopic (exact) mass is 361 g/mol. The molecule has 4 rings (SSSR count). The summed E-state index contributed by atoms with van der Waals surface area (Å²) in [6, 6.07) is 15.1. The Balaban J connectivity index is 1.62. The lowest BCUT2D eigenvalue weighted by Gasteiger charge is -2.17. The van der Waals surface area contributed by atoms with Gasteiger partial charge in [-0.1, -0.05) is 32.9 Å². The van der Waals surface area contributed by atoms with Crippen molar-refractivity contribution in [2.45, 2.75) is 20.8 Å². The summed E-state index contributed by atoms with van der Waals surface area (Å²) >= 11 is 0. The Kier molecular flexibility index (Phi) is 3.95. The molecule has 0 saturated heterocycles. The van der Waals surface area contributed by atoms with E-state index in [1.165, 1.54) is 0 Å². The summed E-state index contributed by atoms with van der Waals surface area (Å²) in [5, 5.41) is 18.0. The van der Waals surface area contributed by atoms with Crippen LogP contribution in [-0.2, 0) is 4.79 Å². The van der Waals surface area contributed by atoms with Gasteiger partial charge in [0.2, 0.25) is 11.6 Å². The molecule has 2 N–H and O–H groups in total. The molecule has 0 saturated carbocycles. The van der Waals surface area contributed by atoms with Crippen molar-refractivity contribution >= 4 is 39.8 Å². The van der Waals surface area contributed by atoms with Crippen LogP contribution in [0.5, 0.6) is 0 Å². The van der Waals surface area contributed by atoms with Gasteiger partial charge in [-0.15, -0.1) is 5.10 Å². The number of tetrazole rings is 1. The SMILES string of the molecule is CC(C)(C)C(=O)Nc1ccc(Nc2nc3ccccc3n3nnnc23)cc1. The first-order valence-corrected chi connectivity index (χ1v) is 8.57. The van der Waals surface area contributed by atoms with E-state index in [0.29, 0.717) is 11.5 Å². The molecule has 0 aliphatic carbocycles. The molecule has 136 valence electrons. The zero-order valence-corrected chi connectivity index (χ0v) is 15.3. The first kappa shape index (κ1) is 16.9. The number of aromatic nitrogens is 5. The Morgan fingerprint density at radius 2 is 1.70 bits per heavy atom. The van der Waals surface area contributed by atoms with Crippen LogP contribution < -0.4 is 10.6 Å². The van der Waals surface area contributed by atoms with E-state index >= 15 is 0 Å². The average molecular weight is 361 g/mol. The number of amides is 1. The second-order valence-corrected chi connectivity index (χ2v) is 7.27. The molecule has 1 amide bonds. The van der Waals surface area contributed by atoms with E-state index in [1.807, 2.05) is 69.3 Å². The number of para-hydroxylation sites is 2. The fourth-order valence-corrected chi connectivity index (χ4v) is 2.58. The summed E-state index contributed by atoms with van der Waals surface area (Å²) in [4.78, 5) is 16.7. The van der Waals surface area contributed by atoms with E-state index in [2.05, 4.69) is 31.1 Å². The van der Waals surface area contributed by atoms with Gasteiger partial charge in [-0.2, -0.15) is 4.52 Å². The summed E-state index contributed by atoms with van der Waals surface area (Å²) in [7, 11) is 0. The number of benzene rings is 2. The number of carbonyl (C=O) groups is 1. The summed E-state index contributed by atoms with van der Waals surface area (Å²) in [6.07, 6.45) is 0. The van der Waals surface area contributed by atoms with Gasteiger partial charge in [-0.3, -0.25) is 4.79 Å². The van der Waals surface area contributed by atoms with Crippen molar-refractivity contribution in [2.24, 2.45) is 5.41 Å². The molecule has 0 aliphatic rings. The topological polar surface area (TPSA) is 97.1 Å². The van der Waals surface area contributed by atoms with Crippen LogP contribution in [0.1, 0.15) is 20.8 Å². The van der Waals surface area contributed by atoms with Crippen LogP contribution in [-0.4, -0.2) is 30.9 Å². The molecule has 0 aliphatic heterocycles. The maximum absolute atomic E-state index is 12.1. The quantitative estimate of drug-likeness (QED) is 0.580. The molecule has 27 heavy (non-hydrogen) atoms. The number of nitrogens with zero attached hydrogens (tertiary/aromatic N) is 5. The number of rotatable bonds is 3. The molecule has 2 aromatic carbocycles. The van der Waals surface area contributed by atoms with Crippen LogP contribution in [0.4, 0.5) is 17.2 Å². The number of fused-ring (bicyclic) bond motifs is 3. The van der Waals surface area contributed by atoms with Gasteiger partial charge in [-0.05, 0) is 46.8 Å². The van der Waals surface area contributed by atoms with Gasteiger partial charge in [0.1, 0.15) is 0 Å². The summed E-state index contributed by atoms with van der Waals surface area (Å²) in [5.41, 5.74) is 3.27. The summed E-state index contributed by atoms with van der Waals surface area (Å²) in [5.74, 6) is 0.529. The lowest BCUT2D eigenvalue weighted by molar-refractivity contribution is -0.123. The lowest BCUT2D eigenvalue weighted by atomic mass is 9.95. The Hall–Kier alpha value is -3.55. The first-order valence-electron chi connectivity index (χ1n) is 8.57. The number of nitrogens with one attached hydrogen (secondary N) is 2. The van der Waals surface area contributed by atoms with E-state index < -0.39 is 5.41 Å². The van der Waals surface area contributed by atoms with Crippen molar-refractivity contribution in [3.05, 3.63) is 48.5 Å². The minimum absolute atomic E-state index is 0.0318. The summed E-state index contributed by atoms with van der Waals surface area (Å²) < 4.78 is 1.66. The Morgan fingerprint density at radius 3 is 2.44 bits per heavy atom. The third-order valence-corrected chi connectivity index (χ3v) is 4.11. The highest BCUT2D eigenvalue weighted by Gasteiger charge is 2.21. The maximum atomic E-state index is 12.1. The third kappa shape index (κ3) is 3.29. The molecule has 0 radical (unpaired) electrons. The fourth-order valence-electron chi connectivity index (χ4n) is 2.58. The van der Waals surface area contributed by atoms with Gasteiger partial charge >= 0.3 is 0 Å². The molecule has 2 aromatic heterocycles. The smallest absolute Gasteiger partial charge is 0.229 e. The molecule has 8 heteroatoms. The van der Waals surface area contributed by atoms with Crippen LogP contribution in [0.15, 0.2) is 48.5 Å². The normalized spacial score (nSPS) is 11.7. The molecular formula is C19H19N7O. The van der Waals surface area contributed by atoms with Crippen molar-refractivity contribution in [1.29, 1.82) is 0 Å². The first-order chi connectivity index (χ1) is 12.9. The molecule has 0 atom stereocenters. The van der Waals surface area contributed by atoms with E-state index in [9.17, 15) is 4.79 Å². The highest BCUT2D eigenvalue weighted by Crippen LogP contribution is 2.24. The Bertz CT molecular complexity index is 1130. The van der Waals surface area contributed by atoms with Gasteiger partial charge < -0.3 is 10.6 Å². The maximum Gasteiger partial charge on any atom is 0.229 e. The third-order valence-electron chi connectivity index (χ3n) is 4.11. The average Bonchev–Trinajstić information content (AvgIpc) is 3.13. The van der Waals surface area contributed by atoms with Crippen LogP contribution in [0.2, 0.25) is 0 Å². The number of carbonyl (C=O) groups excluding carboxylic acids is 1. The Morgan fingerprint density at radius 1 is 1.00 bits per heavy atom. The molecule has 0 bridgehead atoms. The molecule has 0 fully saturated rings. The second-order valence-electron chi connectivity index (χ2n) is 7.27. The standard InChI is InChI=1S/C19H19N7O/c1-19(2,3)18(27)21-13-10-8-12(9-11-13)20-16-17-23-24-25-26(17)15-7-5-4-6-14(15)22-16/h4-11H,1-3H3,(H,20,22)(H,21,27). The van der Waals surface area contributed by atoms with Crippen LogP contribution >= 0.6 is 0 Å². The number of hydrogen-bond donors (Lipinski definition) is 2. The zero-order chi connectivity index (χ0) is 19.0. The van der Waals surface area contributed by atoms with Crippen molar-refractivity contribution < 1.29 is 4.79 Å². The molecular weight excluding hydrogens is 342 g/mol. The van der Waals surface area contributed by atoms with Crippen LogP contribution in [0.25, 0.3) is 16.7 Å². The van der Waals surface area contributed by atoms with E-state index in [1.54, 1.807) is 4.52 Å². The predicted molar refractivity (Wildman–Crippen MR) is 104 cm³/mol. The molecule has 2 heterocycles. The lowest BCUT2D eigenvalue weighted by Crippen LogP contribution is -2.27. The van der Waals surface area contributed by atoms with E-state index in [-0.39, 0.29) is 5.91 Å². The van der Waals surface area contributed by atoms with Crippen LogP contribution in [0, 0.1) is 5.41 Å². The van der Waals surface area contributed by atoms with Gasteiger partial charge in [0.15, 0.2) is 5.82 Å². The fraction of sp³-hybridized carbons (Fsp3) is 0.211. The van der Waals surface area contributed by atoms with Crippen molar-refractivity contribution in [3.8, 4) is 0 Å². The van der Waals surface area contributed by atoms with Crippen molar-refractivity contribution in [3.63, 3.8) is 0 Å². The summed E-state index contributed by atoms with van der Waals surface area (Å²) in [6.45, 7) is 5.63. The molecule has 0 spiro atoms. The molecule has 8 nitrogen and oxygen atoms in total. The van der Waals surface area contributed by atoms with E-state index in [4.69, 9.17) is 0 Å². The molecule has 0 unspecified atom stereocenters. The van der Waals surface area contributed by atoms with Crippen LogP contribution in [0.3, 0.4) is 0 Å². The van der Waals surface area contributed by atoms with Gasteiger partial charge in [-0.25, -0.2) is 4.98 Å². The minimum Gasteiger partial charge on any atom is -0.337 e. The highest BCUT2D eigenvalue weighted by atomic mass is 16.2.